The molecule has 0 aliphatic heterocycles. The monoisotopic (exact) mass is 684 g/mol. The van der Waals surface area contributed by atoms with Crippen LogP contribution in [0.5, 0.6) is 29.0 Å². The van der Waals surface area contributed by atoms with Crippen LogP contribution in [0.2, 0.25) is 0 Å². The maximum atomic E-state index is 13.1. The maximum absolute atomic E-state index is 13.1. The number of ether oxygens (including phenoxy) is 3. The van der Waals surface area contributed by atoms with Crippen molar-refractivity contribution in [3.05, 3.63) is 144 Å². The van der Waals surface area contributed by atoms with E-state index in [1.807, 2.05) is 60.7 Å². The first-order valence-electron chi connectivity index (χ1n) is 16.9. The second kappa shape index (κ2) is 15.1. The summed E-state index contributed by atoms with van der Waals surface area (Å²) in [6.07, 6.45) is 4.15. The molecule has 1 atom stereocenters. The molecule has 1 fully saturated rings. The Morgan fingerprint density at radius 2 is 1.25 bits per heavy atom. The van der Waals surface area contributed by atoms with Crippen LogP contribution < -0.4 is 19.0 Å². The number of benzene rings is 4. The van der Waals surface area contributed by atoms with Crippen molar-refractivity contribution in [1.29, 1.82) is 0 Å². The predicted molar refractivity (Wildman–Crippen MR) is 189 cm³/mol. The predicted octanol–water partition coefficient (Wildman–Crippen LogP) is 8.22. The second-order valence-electron chi connectivity index (χ2n) is 12.4. The molecule has 4 aromatic carbocycles. The van der Waals surface area contributed by atoms with Crippen LogP contribution in [-0.4, -0.2) is 31.9 Å². The van der Waals surface area contributed by atoms with Gasteiger partial charge in [0.1, 0.15) is 12.4 Å². The van der Waals surface area contributed by atoms with Gasteiger partial charge in [0.25, 0.3) is 11.8 Å². The van der Waals surface area contributed by atoms with Crippen LogP contribution in [0.15, 0.2) is 121 Å². The average Bonchev–Trinajstić information content (AvgIpc) is 3.40. The highest BCUT2D eigenvalue weighted by molar-refractivity contribution is 5.94. The van der Waals surface area contributed by atoms with Crippen molar-refractivity contribution < 1.29 is 38.9 Å². The number of carbonyl (C=O) groups excluding carboxylic acids is 2. The van der Waals surface area contributed by atoms with E-state index in [9.17, 15) is 19.8 Å². The Hall–Kier alpha value is -6.29. The molecule has 10 heteroatoms. The maximum Gasteiger partial charge on any atom is 0.343 e. The lowest BCUT2D eigenvalue weighted by Gasteiger charge is -2.31. The first-order valence-corrected chi connectivity index (χ1v) is 16.9. The summed E-state index contributed by atoms with van der Waals surface area (Å²) in [6.45, 7) is 0.285. The van der Waals surface area contributed by atoms with Gasteiger partial charge in [-0.15, -0.1) is 4.73 Å². The van der Waals surface area contributed by atoms with Crippen molar-refractivity contribution in [1.82, 2.24) is 9.71 Å². The number of pyridine rings is 1. The van der Waals surface area contributed by atoms with E-state index in [1.165, 1.54) is 24.3 Å². The van der Waals surface area contributed by atoms with Gasteiger partial charge in [0.15, 0.2) is 6.10 Å². The van der Waals surface area contributed by atoms with E-state index >= 15 is 0 Å². The zero-order chi connectivity index (χ0) is 35.2. The third-order valence-electron chi connectivity index (χ3n) is 8.95. The van der Waals surface area contributed by atoms with Crippen LogP contribution in [-0.2, 0) is 6.61 Å². The number of fused-ring (bicyclic) bond motifs is 1. The van der Waals surface area contributed by atoms with Crippen molar-refractivity contribution in [2.24, 2.45) is 5.92 Å². The molecule has 2 heterocycles. The summed E-state index contributed by atoms with van der Waals surface area (Å²) < 4.78 is 17.9. The van der Waals surface area contributed by atoms with Crippen LogP contribution in [0.3, 0.4) is 0 Å². The Morgan fingerprint density at radius 1 is 0.686 bits per heavy atom. The molecule has 2 N–H and O–H groups in total. The number of aromatic nitrogens is 2. The van der Waals surface area contributed by atoms with Gasteiger partial charge in [-0.3, -0.25) is 0 Å². The highest BCUT2D eigenvalue weighted by Crippen LogP contribution is 2.49. The molecule has 10 nitrogen and oxygen atoms in total. The smallest absolute Gasteiger partial charge is 0.343 e. The standard InChI is InChI=1S/C41H36N2O8/c44-38-36(49-40(46)30-15-6-2-7-16-30)37(50-41(47)31-17-8-3-9-18-31)39(45)43(38)51-35(28-13-4-1-5-14-28)29-21-24-33(25-22-29)48-26-32-23-20-27-12-10-11-19-34(27)42-32/h2-3,6-12,15-25,28,35,44-45H,1,4-5,13-14,26H2/t35-/m0/s1. The van der Waals surface area contributed by atoms with E-state index in [-0.39, 0.29) is 23.7 Å². The fourth-order valence-corrected chi connectivity index (χ4v) is 6.29. The molecule has 1 aliphatic rings. The van der Waals surface area contributed by atoms with Crippen LogP contribution in [0.25, 0.3) is 10.9 Å². The first-order chi connectivity index (χ1) is 24.9. The lowest BCUT2D eigenvalue weighted by molar-refractivity contribution is -0.0295. The van der Waals surface area contributed by atoms with Crippen LogP contribution in [0, 0.1) is 5.92 Å². The van der Waals surface area contributed by atoms with Crippen molar-refractivity contribution in [3.63, 3.8) is 0 Å². The highest BCUT2D eigenvalue weighted by Gasteiger charge is 2.35. The largest absolute Gasteiger partial charge is 0.490 e. The molecule has 258 valence electrons. The van der Waals surface area contributed by atoms with Gasteiger partial charge in [0.2, 0.25) is 11.5 Å². The molecule has 0 spiro atoms. The molecule has 1 saturated carbocycles. The summed E-state index contributed by atoms with van der Waals surface area (Å²) in [4.78, 5) is 37.3. The van der Waals surface area contributed by atoms with Gasteiger partial charge in [0.05, 0.1) is 22.3 Å². The van der Waals surface area contributed by atoms with Gasteiger partial charge in [-0.1, -0.05) is 92.1 Å². The van der Waals surface area contributed by atoms with E-state index in [0.29, 0.717) is 5.75 Å². The van der Waals surface area contributed by atoms with Crippen molar-refractivity contribution in [3.8, 4) is 29.0 Å². The molecule has 6 aromatic rings. The van der Waals surface area contributed by atoms with Gasteiger partial charge < -0.3 is 29.3 Å². The number of rotatable bonds is 11. The quantitative estimate of drug-likeness (QED) is 0.130. The minimum atomic E-state index is -0.835. The van der Waals surface area contributed by atoms with Crippen LogP contribution in [0.1, 0.15) is 70.2 Å². The van der Waals surface area contributed by atoms with Crippen LogP contribution in [0.4, 0.5) is 0 Å². The topological polar surface area (TPSA) is 129 Å². The van der Waals surface area contributed by atoms with E-state index in [1.54, 1.807) is 36.4 Å². The lowest BCUT2D eigenvalue weighted by Crippen LogP contribution is -2.26. The summed E-state index contributed by atoms with van der Waals surface area (Å²) in [7, 11) is 0. The van der Waals surface area contributed by atoms with Crippen molar-refractivity contribution >= 4 is 22.8 Å². The summed E-state index contributed by atoms with van der Waals surface area (Å²) in [5.41, 5.74) is 2.84. The number of hydrogen-bond acceptors (Lipinski definition) is 9. The molecule has 7 rings (SSSR count). The normalized spacial score (nSPS) is 13.7. The molecule has 51 heavy (non-hydrogen) atoms. The molecule has 0 saturated heterocycles. The molecule has 0 amide bonds. The molecular weight excluding hydrogens is 648 g/mol. The molecule has 0 bridgehead atoms. The van der Waals surface area contributed by atoms with Gasteiger partial charge in [-0.05, 0) is 66.9 Å². The van der Waals surface area contributed by atoms with Crippen molar-refractivity contribution in [2.75, 3.05) is 0 Å². The SMILES string of the molecule is O=C(Oc1c(OC(=O)c2ccccc2)c(O)n(O[C@H](c2ccc(OCc3ccc4ccccc4n3)cc2)C2CCCCC2)c1O)c1ccccc1. The lowest BCUT2D eigenvalue weighted by atomic mass is 9.83. The van der Waals surface area contributed by atoms with Gasteiger partial charge in [-0.25, -0.2) is 14.6 Å². The zero-order valence-corrected chi connectivity index (χ0v) is 27.7. The number of aromatic hydroxyl groups is 2. The van der Waals surface area contributed by atoms with Crippen LogP contribution >= 0.6 is 0 Å². The third-order valence-corrected chi connectivity index (χ3v) is 8.95. The highest BCUT2D eigenvalue weighted by atomic mass is 16.7. The van der Waals surface area contributed by atoms with Gasteiger partial charge >= 0.3 is 11.9 Å². The fourth-order valence-electron chi connectivity index (χ4n) is 6.29. The molecule has 2 aromatic heterocycles. The van der Waals surface area contributed by atoms with E-state index < -0.39 is 41.3 Å². The number of para-hydroxylation sites is 1. The molecule has 0 unspecified atom stereocenters. The first kappa shape index (κ1) is 33.2. The minimum Gasteiger partial charge on any atom is -0.490 e. The van der Waals surface area contributed by atoms with E-state index in [2.05, 4.69) is 4.98 Å². The second-order valence-corrected chi connectivity index (χ2v) is 12.4. The molecule has 1 aliphatic carbocycles. The Labute approximate surface area is 294 Å². The number of hydrogen-bond donors (Lipinski definition) is 2. The zero-order valence-electron chi connectivity index (χ0n) is 27.7. The molecule has 0 radical (unpaired) electrons. The minimum absolute atomic E-state index is 0.0270. The number of esters is 2. The summed E-state index contributed by atoms with van der Waals surface area (Å²) in [5, 5.41) is 23.9. The number of carbonyl (C=O) groups is 2. The van der Waals surface area contributed by atoms with E-state index in [0.717, 1.165) is 59.0 Å². The summed E-state index contributed by atoms with van der Waals surface area (Å²) >= 11 is 0. The number of nitrogens with zero attached hydrogens (tertiary/aromatic N) is 2. The fraction of sp³-hybridized carbons (Fsp3) is 0.195. The summed E-state index contributed by atoms with van der Waals surface area (Å²) in [6, 6.07) is 35.6. The van der Waals surface area contributed by atoms with Gasteiger partial charge in [0, 0.05) is 11.3 Å². The molecular formula is C41H36N2O8. The Balaban J connectivity index is 1.17. The average molecular weight is 685 g/mol. The Kier molecular flexibility index (Phi) is 9.82. The van der Waals surface area contributed by atoms with Gasteiger partial charge in [-0.2, -0.15) is 0 Å². The van der Waals surface area contributed by atoms with E-state index in [4.69, 9.17) is 19.0 Å². The Morgan fingerprint density at radius 3 is 1.86 bits per heavy atom. The summed E-state index contributed by atoms with van der Waals surface area (Å²) in [5.74, 6) is -3.60. The third kappa shape index (κ3) is 7.50. The Bertz CT molecular complexity index is 2050. The van der Waals surface area contributed by atoms with Crippen molar-refractivity contribution in [2.45, 2.75) is 44.8 Å².